The summed E-state index contributed by atoms with van der Waals surface area (Å²) in [5.41, 5.74) is 11.0. The molecule has 14 heteroatoms. The Balaban J connectivity index is 1.61. The van der Waals surface area contributed by atoms with E-state index in [4.69, 9.17) is 15.6 Å². The lowest BCUT2D eigenvalue weighted by Gasteiger charge is -2.34. The predicted octanol–water partition coefficient (Wildman–Crippen LogP) is 0.876. The van der Waals surface area contributed by atoms with Crippen molar-refractivity contribution < 1.29 is 34.9 Å². The lowest BCUT2D eigenvalue weighted by molar-refractivity contribution is -0.405. The van der Waals surface area contributed by atoms with Crippen LogP contribution in [0.2, 0.25) is 0 Å². The Kier molecular flexibility index (Phi) is 7.14. The molecule has 2 aromatic heterocycles. The van der Waals surface area contributed by atoms with Crippen molar-refractivity contribution in [1.82, 2.24) is 15.3 Å². The van der Waals surface area contributed by atoms with Crippen LogP contribution in [0.15, 0.2) is 39.5 Å². The maximum Gasteiger partial charge on any atom is 0.362 e. The number of nitrogens with one attached hydrogen (secondary N) is 5. The summed E-state index contributed by atoms with van der Waals surface area (Å²) < 4.78 is 7.57. The van der Waals surface area contributed by atoms with Crippen LogP contribution in [0.25, 0.3) is 0 Å². The van der Waals surface area contributed by atoms with E-state index in [0.29, 0.717) is 37.8 Å². The third kappa shape index (κ3) is 5.33. The summed E-state index contributed by atoms with van der Waals surface area (Å²) in [7, 11) is 0. The second-order valence-corrected chi connectivity index (χ2v) is 9.62. The highest BCUT2D eigenvalue weighted by atomic mass is 79.9. The number of aliphatic carboxylic acids is 1. The smallest absolute Gasteiger partial charge is 0.362 e. The molecule has 4 rings (SSSR count). The molecule has 0 spiro atoms. The van der Waals surface area contributed by atoms with Gasteiger partial charge in [-0.05, 0) is 50.1 Å². The maximum atomic E-state index is 12.9. The van der Waals surface area contributed by atoms with E-state index in [9.17, 15) is 14.4 Å². The van der Waals surface area contributed by atoms with Gasteiger partial charge in [0.2, 0.25) is 0 Å². The van der Waals surface area contributed by atoms with Crippen LogP contribution in [0.3, 0.4) is 0 Å². The molecular weight excluding hydrogens is 590 g/mol. The normalized spacial score (nSPS) is 17.6. The van der Waals surface area contributed by atoms with Gasteiger partial charge in [-0.1, -0.05) is 6.07 Å². The molecule has 12 nitrogen and oxygen atoms in total. The Morgan fingerprint density at radius 1 is 1.29 bits per heavy atom. The highest BCUT2D eigenvalue weighted by Crippen LogP contribution is 2.39. The van der Waals surface area contributed by atoms with Gasteiger partial charge >= 0.3 is 11.9 Å². The molecule has 0 bridgehead atoms. The molecule has 0 saturated heterocycles. The molecule has 0 saturated carbocycles. The zero-order valence-electron chi connectivity index (χ0n) is 18.2. The van der Waals surface area contributed by atoms with Crippen molar-refractivity contribution in [2.75, 3.05) is 17.6 Å². The summed E-state index contributed by atoms with van der Waals surface area (Å²) in [6.45, 7) is 0.131. The van der Waals surface area contributed by atoms with Gasteiger partial charge in [-0.3, -0.25) is 15.3 Å². The fourth-order valence-corrected chi connectivity index (χ4v) is 4.37. The number of Topliss-reactive ketones (excluding diaryl/α,β-unsaturated/α-hetero) is 1. The average molecular weight is 613 g/mol. The number of quaternary nitrogens is 1. The number of hydrogen-bond acceptors (Lipinski definition) is 6. The van der Waals surface area contributed by atoms with Crippen LogP contribution in [-0.2, 0) is 4.79 Å². The number of carboxylic acids is 1. The molecule has 1 aliphatic rings. The average Bonchev–Trinajstić information content (AvgIpc) is 3.41. The Morgan fingerprint density at radius 2 is 2.06 bits per heavy atom. The van der Waals surface area contributed by atoms with Crippen molar-refractivity contribution in [2.45, 2.75) is 24.6 Å². The fraction of sp³-hybridized carbons (Fsp3) is 0.238. The Labute approximate surface area is 215 Å². The van der Waals surface area contributed by atoms with Crippen LogP contribution in [-0.4, -0.2) is 51.4 Å². The number of para-hydroxylation sites is 1. The predicted molar refractivity (Wildman–Crippen MR) is 131 cm³/mol. The van der Waals surface area contributed by atoms with Gasteiger partial charge < -0.3 is 31.2 Å². The van der Waals surface area contributed by atoms with E-state index >= 15 is 0 Å². The number of carbonyl (C=O) groups is 3. The van der Waals surface area contributed by atoms with Gasteiger partial charge in [0.05, 0.1) is 27.2 Å². The van der Waals surface area contributed by atoms with Gasteiger partial charge in [0.15, 0.2) is 23.6 Å². The number of nitrogens with two attached hydrogens (primary N) is 1. The Bertz CT molecular complexity index is 1270. The minimum Gasteiger partial charge on any atom is -0.478 e. The number of imidazole rings is 1. The number of H-pyrrole nitrogens is 3. The van der Waals surface area contributed by atoms with Crippen molar-refractivity contribution in [1.29, 1.82) is 0 Å². The van der Waals surface area contributed by atoms with E-state index in [1.807, 2.05) is 0 Å². The minimum absolute atomic E-state index is 0.131. The molecule has 1 aromatic carbocycles. The third-order valence-corrected chi connectivity index (χ3v) is 7.26. The van der Waals surface area contributed by atoms with E-state index in [-0.39, 0.29) is 30.2 Å². The molecule has 35 heavy (non-hydrogen) atoms. The van der Waals surface area contributed by atoms with E-state index < -0.39 is 24.2 Å². The number of fused-ring (bicyclic) bond motifs is 1. The summed E-state index contributed by atoms with van der Waals surface area (Å²) in [5, 5.41) is 15.3. The van der Waals surface area contributed by atoms with Crippen LogP contribution >= 0.6 is 31.9 Å². The molecule has 3 heterocycles. The van der Waals surface area contributed by atoms with Crippen molar-refractivity contribution in [3.8, 4) is 5.75 Å². The van der Waals surface area contributed by atoms with Crippen molar-refractivity contribution in [3.05, 3.63) is 56.5 Å². The van der Waals surface area contributed by atoms with E-state index in [0.717, 1.165) is 0 Å². The van der Waals surface area contributed by atoms with Crippen LogP contribution < -0.4 is 31.8 Å². The first kappa shape index (κ1) is 24.8. The Hall–Kier alpha value is -3.36. The first-order chi connectivity index (χ1) is 16.6. The number of halogens is 2. The lowest BCUT2D eigenvalue weighted by Crippen LogP contribution is -2.65. The van der Waals surface area contributed by atoms with Gasteiger partial charge in [0.1, 0.15) is 17.6 Å². The van der Waals surface area contributed by atoms with E-state index in [2.05, 4.69) is 63.2 Å². The quantitative estimate of drug-likeness (QED) is 0.183. The van der Waals surface area contributed by atoms with Gasteiger partial charge in [-0.15, -0.1) is 0 Å². The first-order valence-electron chi connectivity index (χ1n) is 10.5. The van der Waals surface area contributed by atoms with Gasteiger partial charge in [0, 0.05) is 12.1 Å². The fourth-order valence-electron chi connectivity index (χ4n) is 3.71. The van der Waals surface area contributed by atoms with E-state index in [1.54, 1.807) is 30.5 Å². The molecular formula is C21H23Br2N7O5+2. The van der Waals surface area contributed by atoms with Crippen LogP contribution in [0.5, 0.6) is 5.75 Å². The number of benzene rings is 1. The number of ketones is 1. The third-order valence-electron chi connectivity index (χ3n) is 5.48. The summed E-state index contributed by atoms with van der Waals surface area (Å²) >= 11 is 6.65. The van der Waals surface area contributed by atoms with Crippen LogP contribution in [0, 0.1) is 0 Å². The monoisotopic (exact) mass is 611 g/mol. The van der Waals surface area contributed by atoms with Gasteiger partial charge in [-0.2, -0.15) is 0 Å². The summed E-state index contributed by atoms with van der Waals surface area (Å²) in [6, 6.07) is 5.00. The number of carboxylic acid groups (broad SMARTS) is 1. The SMILES string of the molecule is Nc1[nH]c([C@@H]2Oc3cccc(C(=O)C[C@H]([NH3+])C(=O)O)c3N[C@H]2CNC(=O)c2cc(Br)c(Br)[nH]2)c[nH+]1. The number of rotatable bonds is 8. The van der Waals surface area contributed by atoms with E-state index in [1.165, 1.54) is 0 Å². The molecule has 1 aliphatic heterocycles. The number of hydrogen-bond donors (Lipinski definition) is 7. The summed E-state index contributed by atoms with van der Waals surface area (Å²) in [4.78, 5) is 45.5. The number of nitrogen functional groups attached to an aromatic ring is 1. The minimum atomic E-state index is -1.16. The van der Waals surface area contributed by atoms with Crippen LogP contribution in [0.4, 0.5) is 11.6 Å². The molecule has 3 aromatic rings. The summed E-state index contributed by atoms with van der Waals surface area (Å²) in [6.07, 6.45) is 0.802. The maximum absolute atomic E-state index is 12.9. The number of aromatic amines is 3. The molecule has 0 radical (unpaired) electrons. The number of ether oxygens (including phenoxy) is 1. The molecule has 1 amide bonds. The molecule has 0 unspecified atom stereocenters. The second kappa shape index (κ2) is 10.1. The zero-order chi connectivity index (χ0) is 25.3. The largest absolute Gasteiger partial charge is 0.478 e. The molecule has 11 N–H and O–H groups in total. The zero-order valence-corrected chi connectivity index (χ0v) is 21.3. The summed E-state index contributed by atoms with van der Waals surface area (Å²) in [5.74, 6) is -1.15. The Morgan fingerprint density at radius 3 is 2.69 bits per heavy atom. The molecule has 184 valence electrons. The highest BCUT2D eigenvalue weighted by Gasteiger charge is 2.36. The lowest BCUT2D eigenvalue weighted by atomic mass is 9.98. The van der Waals surface area contributed by atoms with Gasteiger partial charge in [0.25, 0.3) is 5.91 Å². The van der Waals surface area contributed by atoms with Crippen molar-refractivity contribution in [2.24, 2.45) is 0 Å². The van der Waals surface area contributed by atoms with Crippen LogP contribution in [0.1, 0.15) is 39.1 Å². The molecule has 3 atom stereocenters. The molecule has 0 aliphatic carbocycles. The topological polar surface area (TPSA) is 204 Å². The van der Waals surface area contributed by atoms with Crippen molar-refractivity contribution >= 4 is 61.2 Å². The highest BCUT2D eigenvalue weighted by molar-refractivity contribution is 9.13. The number of carbonyl (C=O) groups excluding carboxylic acids is 2. The standard InChI is InChI=1S/C21H21Br2N7O5/c22-9-4-11(29-18(9)23)19(32)26-6-12-17(13-7-27-21(25)30-13)35-15-3-1-2-8(16(15)28-12)14(31)5-10(24)20(33)34/h1-4,7,10,12,17,28-29H,5-6,24H2,(H,26,32)(H,33,34)(H3,25,27,30)/p+2/t10-,12-,17+/m0/s1. The number of aromatic nitrogens is 3. The number of amides is 1. The number of anilines is 2. The first-order valence-corrected chi connectivity index (χ1v) is 12.1. The second-order valence-electron chi connectivity index (χ2n) is 7.97. The molecule has 0 fully saturated rings. The van der Waals surface area contributed by atoms with Crippen molar-refractivity contribution in [3.63, 3.8) is 0 Å². The van der Waals surface area contributed by atoms with Gasteiger partial charge in [-0.25, -0.2) is 14.8 Å².